The fourth-order valence-electron chi connectivity index (χ4n) is 1.74. The van der Waals surface area contributed by atoms with Gasteiger partial charge in [0.15, 0.2) is 0 Å². The molecule has 1 rings (SSSR count). The molecule has 0 unspecified atom stereocenters. The Morgan fingerprint density at radius 2 is 1.80 bits per heavy atom. The van der Waals surface area contributed by atoms with Crippen LogP contribution in [0.5, 0.6) is 0 Å². The van der Waals surface area contributed by atoms with Crippen LogP contribution < -0.4 is 0 Å². The van der Waals surface area contributed by atoms with Gasteiger partial charge in [-0.15, -0.1) is 0 Å². The minimum atomic E-state index is -0.362. The van der Waals surface area contributed by atoms with Gasteiger partial charge in [-0.25, -0.2) is 0 Å². The lowest BCUT2D eigenvalue weighted by atomic mass is 10.1. The van der Waals surface area contributed by atoms with Crippen molar-refractivity contribution in [2.45, 2.75) is 33.1 Å². The van der Waals surface area contributed by atoms with Crippen LogP contribution in [-0.2, 0) is 16.0 Å². The SMILES string of the molecule is CCCCOC(=O)CN(C)C(=O)c1ccc(CC)cc1. The minimum Gasteiger partial charge on any atom is -0.464 e. The third-order valence-electron chi connectivity index (χ3n) is 3.08. The van der Waals surface area contributed by atoms with Gasteiger partial charge in [-0.3, -0.25) is 9.59 Å². The van der Waals surface area contributed by atoms with Gasteiger partial charge in [-0.1, -0.05) is 32.4 Å². The zero-order valence-corrected chi connectivity index (χ0v) is 12.5. The summed E-state index contributed by atoms with van der Waals surface area (Å²) in [7, 11) is 1.61. The van der Waals surface area contributed by atoms with Crippen LogP contribution in [0.1, 0.15) is 42.6 Å². The highest BCUT2D eigenvalue weighted by molar-refractivity contribution is 5.95. The fourth-order valence-corrected chi connectivity index (χ4v) is 1.74. The van der Waals surface area contributed by atoms with E-state index in [0.29, 0.717) is 12.2 Å². The van der Waals surface area contributed by atoms with Crippen LogP contribution in [0.4, 0.5) is 0 Å². The van der Waals surface area contributed by atoms with Gasteiger partial charge in [0.05, 0.1) is 6.61 Å². The summed E-state index contributed by atoms with van der Waals surface area (Å²) in [6, 6.07) is 7.45. The average Bonchev–Trinajstić information content (AvgIpc) is 2.46. The lowest BCUT2D eigenvalue weighted by Gasteiger charge is -2.16. The number of rotatable bonds is 7. The molecule has 0 fully saturated rings. The van der Waals surface area contributed by atoms with Crippen LogP contribution in [0.25, 0.3) is 0 Å². The first-order valence-corrected chi connectivity index (χ1v) is 7.08. The maximum absolute atomic E-state index is 12.1. The first kappa shape index (κ1) is 16.2. The van der Waals surface area contributed by atoms with Gasteiger partial charge >= 0.3 is 5.97 Å². The molecule has 1 amide bonds. The van der Waals surface area contributed by atoms with Crippen molar-refractivity contribution in [2.24, 2.45) is 0 Å². The van der Waals surface area contributed by atoms with Crippen LogP contribution in [0.2, 0.25) is 0 Å². The third kappa shape index (κ3) is 5.03. The topological polar surface area (TPSA) is 46.6 Å². The molecular formula is C16H23NO3. The minimum absolute atomic E-state index is 0.0158. The number of amides is 1. The summed E-state index contributed by atoms with van der Waals surface area (Å²) in [5.74, 6) is -0.528. The monoisotopic (exact) mass is 277 g/mol. The number of carbonyl (C=O) groups excluding carboxylic acids is 2. The molecule has 0 heterocycles. The summed E-state index contributed by atoms with van der Waals surface area (Å²) >= 11 is 0. The summed E-state index contributed by atoms with van der Waals surface area (Å²) in [5.41, 5.74) is 1.77. The summed E-state index contributed by atoms with van der Waals surface area (Å²) in [6.07, 6.45) is 2.77. The predicted molar refractivity (Wildman–Crippen MR) is 78.6 cm³/mol. The second-order valence-corrected chi connectivity index (χ2v) is 4.79. The summed E-state index contributed by atoms with van der Waals surface area (Å²) in [6.45, 7) is 4.50. The molecule has 0 aliphatic heterocycles. The lowest BCUT2D eigenvalue weighted by Crippen LogP contribution is -2.33. The zero-order chi connectivity index (χ0) is 15.0. The Labute approximate surface area is 120 Å². The number of unbranched alkanes of at least 4 members (excludes halogenated alkanes) is 1. The van der Waals surface area contributed by atoms with Gasteiger partial charge in [0.1, 0.15) is 6.54 Å². The normalized spacial score (nSPS) is 10.2. The van der Waals surface area contributed by atoms with Crippen molar-refractivity contribution < 1.29 is 14.3 Å². The van der Waals surface area contributed by atoms with E-state index in [9.17, 15) is 9.59 Å². The summed E-state index contributed by atoms with van der Waals surface area (Å²) < 4.78 is 5.04. The van der Waals surface area contributed by atoms with E-state index in [4.69, 9.17) is 4.74 Å². The Bertz CT molecular complexity index is 440. The van der Waals surface area contributed by atoms with Gasteiger partial charge in [-0.2, -0.15) is 0 Å². The first-order chi connectivity index (χ1) is 9.58. The number of aryl methyl sites for hydroxylation is 1. The molecule has 0 spiro atoms. The number of ether oxygens (including phenoxy) is 1. The van der Waals surface area contributed by atoms with E-state index in [0.717, 1.165) is 19.3 Å². The quantitative estimate of drug-likeness (QED) is 0.568. The van der Waals surface area contributed by atoms with Crippen molar-refractivity contribution in [3.8, 4) is 0 Å². The third-order valence-corrected chi connectivity index (χ3v) is 3.08. The molecule has 0 saturated heterocycles. The second kappa shape index (κ2) is 8.35. The van der Waals surface area contributed by atoms with Gasteiger partial charge in [0.2, 0.25) is 0 Å². The molecular weight excluding hydrogens is 254 g/mol. The summed E-state index contributed by atoms with van der Waals surface area (Å²) in [4.78, 5) is 25.1. The zero-order valence-electron chi connectivity index (χ0n) is 12.5. The number of carbonyl (C=O) groups is 2. The van der Waals surface area contributed by atoms with Crippen molar-refractivity contribution in [1.82, 2.24) is 4.90 Å². The molecule has 110 valence electrons. The molecule has 0 bridgehead atoms. The van der Waals surface area contributed by atoms with E-state index in [1.54, 1.807) is 19.2 Å². The van der Waals surface area contributed by atoms with E-state index in [2.05, 4.69) is 6.92 Å². The lowest BCUT2D eigenvalue weighted by molar-refractivity contribution is -0.144. The number of esters is 1. The number of hydrogen-bond donors (Lipinski definition) is 0. The Hall–Kier alpha value is -1.84. The van der Waals surface area contributed by atoms with E-state index in [1.165, 1.54) is 10.5 Å². The smallest absolute Gasteiger partial charge is 0.325 e. The molecule has 0 aromatic heterocycles. The van der Waals surface area contributed by atoms with Crippen molar-refractivity contribution >= 4 is 11.9 Å². The highest BCUT2D eigenvalue weighted by Gasteiger charge is 2.15. The van der Waals surface area contributed by atoms with E-state index in [1.807, 2.05) is 19.1 Å². The van der Waals surface area contributed by atoms with E-state index >= 15 is 0 Å². The van der Waals surface area contributed by atoms with Gasteiger partial charge in [-0.05, 0) is 30.5 Å². The fraction of sp³-hybridized carbons (Fsp3) is 0.500. The van der Waals surface area contributed by atoms with Gasteiger partial charge in [0, 0.05) is 12.6 Å². The largest absolute Gasteiger partial charge is 0.464 e. The molecule has 1 aromatic rings. The molecule has 0 N–H and O–H groups in total. The van der Waals surface area contributed by atoms with Gasteiger partial charge in [0.25, 0.3) is 5.91 Å². The first-order valence-electron chi connectivity index (χ1n) is 7.08. The summed E-state index contributed by atoms with van der Waals surface area (Å²) in [5, 5.41) is 0. The molecule has 0 atom stereocenters. The highest BCUT2D eigenvalue weighted by Crippen LogP contribution is 2.07. The Balaban J connectivity index is 2.51. The molecule has 0 radical (unpaired) electrons. The van der Waals surface area contributed by atoms with E-state index in [-0.39, 0.29) is 18.4 Å². The molecule has 0 aliphatic carbocycles. The number of nitrogens with zero attached hydrogens (tertiary/aromatic N) is 1. The van der Waals surface area contributed by atoms with Crippen LogP contribution in [0, 0.1) is 0 Å². The van der Waals surface area contributed by atoms with Crippen molar-refractivity contribution in [2.75, 3.05) is 20.2 Å². The van der Waals surface area contributed by atoms with Crippen LogP contribution in [0.3, 0.4) is 0 Å². The maximum Gasteiger partial charge on any atom is 0.325 e. The molecule has 0 aliphatic rings. The van der Waals surface area contributed by atoms with Crippen molar-refractivity contribution in [3.63, 3.8) is 0 Å². The van der Waals surface area contributed by atoms with Crippen molar-refractivity contribution in [3.05, 3.63) is 35.4 Å². The standard InChI is InChI=1S/C16H23NO3/c1-4-6-11-20-15(18)12-17(3)16(19)14-9-7-13(5-2)8-10-14/h7-10H,4-6,11-12H2,1-3H3. The van der Waals surface area contributed by atoms with Crippen LogP contribution in [0.15, 0.2) is 24.3 Å². The Kier molecular flexibility index (Phi) is 6.77. The van der Waals surface area contributed by atoms with Crippen LogP contribution in [-0.4, -0.2) is 37.0 Å². The molecule has 0 saturated carbocycles. The Morgan fingerprint density at radius 3 is 2.35 bits per heavy atom. The number of hydrogen-bond acceptors (Lipinski definition) is 3. The molecule has 1 aromatic carbocycles. The maximum atomic E-state index is 12.1. The Morgan fingerprint density at radius 1 is 1.15 bits per heavy atom. The molecule has 20 heavy (non-hydrogen) atoms. The van der Waals surface area contributed by atoms with Crippen molar-refractivity contribution in [1.29, 1.82) is 0 Å². The second-order valence-electron chi connectivity index (χ2n) is 4.79. The predicted octanol–water partition coefficient (Wildman–Crippen LogP) is 2.66. The van der Waals surface area contributed by atoms with Crippen LogP contribution >= 0.6 is 0 Å². The molecule has 4 nitrogen and oxygen atoms in total. The highest BCUT2D eigenvalue weighted by atomic mass is 16.5. The number of likely N-dealkylation sites (N-methyl/N-ethyl adjacent to an activating group) is 1. The molecule has 4 heteroatoms. The van der Waals surface area contributed by atoms with Gasteiger partial charge < -0.3 is 9.64 Å². The average molecular weight is 277 g/mol. The number of benzene rings is 1. The van der Waals surface area contributed by atoms with E-state index < -0.39 is 0 Å².